The summed E-state index contributed by atoms with van der Waals surface area (Å²) in [4.78, 5) is 1.19. The Balaban J connectivity index is 2.10. The number of rotatable bonds is 2. The summed E-state index contributed by atoms with van der Waals surface area (Å²) in [6, 6.07) is 4.67. The first-order chi connectivity index (χ1) is 8.27. The monoisotopic (exact) mass is 265 g/mol. The summed E-state index contributed by atoms with van der Waals surface area (Å²) in [5, 5.41) is 9.42. The molecule has 1 saturated carbocycles. The fourth-order valence-electron chi connectivity index (χ4n) is 2.70. The van der Waals surface area contributed by atoms with Gasteiger partial charge in [-0.05, 0) is 42.4 Å². The number of H-pyrrole nitrogens is 1. The Hall–Kier alpha value is -0.940. The predicted octanol–water partition coefficient (Wildman–Crippen LogP) is 4.03. The second kappa shape index (κ2) is 4.38. The first kappa shape index (κ1) is 11.2. The highest BCUT2D eigenvalue weighted by atomic mass is 32.1. The van der Waals surface area contributed by atoms with E-state index in [4.69, 9.17) is 12.2 Å². The molecule has 1 aliphatic rings. The van der Waals surface area contributed by atoms with Gasteiger partial charge in [-0.3, -0.25) is 9.67 Å². The quantitative estimate of drug-likeness (QED) is 0.832. The molecule has 0 bridgehead atoms. The maximum atomic E-state index is 5.39. The van der Waals surface area contributed by atoms with Crippen LogP contribution < -0.4 is 0 Å². The number of hydrogen-bond acceptors (Lipinski definition) is 3. The van der Waals surface area contributed by atoms with E-state index in [1.807, 2.05) is 0 Å². The molecule has 2 unspecified atom stereocenters. The van der Waals surface area contributed by atoms with Gasteiger partial charge in [0.05, 0.1) is 4.88 Å². The van der Waals surface area contributed by atoms with Crippen molar-refractivity contribution < 1.29 is 0 Å². The van der Waals surface area contributed by atoms with E-state index in [2.05, 4.69) is 39.2 Å². The minimum absolute atomic E-state index is 0.512. The summed E-state index contributed by atoms with van der Waals surface area (Å²) >= 11 is 7.10. The van der Waals surface area contributed by atoms with E-state index in [-0.39, 0.29) is 0 Å². The SMILES string of the molecule is CC1CCCC1n1c(-c2cccs2)n[nH]c1=S. The van der Waals surface area contributed by atoms with Crippen LogP contribution in [0.25, 0.3) is 10.7 Å². The molecule has 0 aromatic carbocycles. The molecule has 17 heavy (non-hydrogen) atoms. The fraction of sp³-hybridized carbons (Fsp3) is 0.500. The molecular weight excluding hydrogens is 250 g/mol. The van der Waals surface area contributed by atoms with E-state index < -0.39 is 0 Å². The normalized spacial score (nSPS) is 24.3. The second-order valence-electron chi connectivity index (χ2n) is 4.68. The smallest absolute Gasteiger partial charge is 0.195 e. The third-order valence-electron chi connectivity index (χ3n) is 3.59. The lowest BCUT2D eigenvalue weighted by atomic mass is 10.1. The molecule has 2 atom stereocenters. The van der Waals surface area contributed by atoms with Crippen molar-refractivity contribution in [2.24, 2.45) is 5.92 Å². The van der Waals surface area contributed by atoms with Crippen LogP contribution in [0.3, 0.4) is 0 Å². The summed E-state index contributed by atoms with van der Waals surface area (Å²) in [6.07, 6.45) is 3.80. The van der Waals surface area contributed by atoms with E-state index in [0.29, 0.717) is 12.0 Å². The van der Waals surface area contributed by atoms with Crippen LogP contribution in [0.2, 0.25) is 0 Å². The van der Waals surface area contributed by atoms with E-state index in [1.165, 1.54) is 24.1 Å². The number of hydrogen-bond donors (Lipinski definition) is 1. The molecule has 0 spiro atoms. The van der Waals surface area contributed by atoms with Gasteiger partial charge in [0, 0.05) is 6.04 Å². The zero-order valence-corrected chi connectivity index (χ0v) is 11.4. The van der Waals surface area contributed by atoms with Gasteiger partial charge in [0.15, 0.2) is 10.6 Å². The Bertz CT molecular complexity index is 553. The summed E-state index contributed by atoms with van der Waals surface area (Å²) in [6.45, 7) is 2.31. The molecule has 0 saturated heterocycles. The highest BCUT2D eigenvalue weighted by Crippen LogP contribution is 2.38. The number of aromatic amines is 1. The van der Waals surface area contributed by atoms with Gasteiger partial charge in [0.1, 0.15) is 0 Å². The van der Waals surface area contributed by atoms with Gasteiger partial charge in [0.2, 0.25) is 0 Å². The van der Waals surface area contributed by atoms with Crippen molar-refractivity contribution in [2.45, 2.75) is 32.2 Å². The van der Waals surface area contributed by atoms with Crippen LogP contribution in [0.15, 0.2) is 17.5 Å². The standard InChI is InChI=1S/C12H15N3S2/c1-8-4-2-5-9(8)15-11(13-14-12(15)16)10-6-3-7-17-10/h3,6-9H,2,4-5H2,1H3,(H,14,16). The number of aromatic nitrogens is 3. The van der Waals surface area contributed by atoms with Gasteiger partial charge in [-0.25, -0.2) is 0 Å². The lowest BCUT2D eigenvalue weighted by Gasteiger charge is -2.18. The Morgan fingerprint density at radius 2 is 2.41 bits per heavy atom. The minimum Gasteiger partial charge on any atom is -0.296 e. The van der Waals surface area contributed by atoms with Crippen LogP contribution in [-0.4, -0.2) is 14.8 Å². The van der Waals surface area contributed by atoms with E-state index in [0.717, 1.165) is 10.6 Å². The molecular formula is C12H15N3S2. The molecule has 1 fully saturated rings. The Labute approximate surface area is 109 Å². The Kier molecular flexibility index (Phi) is 2.88. The summed E-state index contributed by atoms with van der Waals surface area (Å²) in [5.74, 6) is 1.70. The highest BCUT2D eigenvalue weighted by molar-refractivity contribution is 7.71. The molecule has 3 rings (SSSR count). The van der Waals surface area contributed by atoms with Crippen molar-refractivity contribution in [3.63, 3.8) is 0 Å². The zero-order valence-electron chi connectivity index (χ0n) is 9.72. The summed E-state index contributed by atoms with van der Waals surface area (Å²) < 4.78 is 2.98. The molecule has 2 aromatic rings. The van der Waals surface area contributed by atoms with Crippen LogP contribution in [0, 0.1) is 10.7 Å². The van der Waals surface area contributed by atoms with Crippen molar-refractivity contribution in [2.75, 3.05) is 0 Å². The first-order valence-electron chi connectivity index (χ1n) is 5.98. The molecule has 5 heteroatoms. The van der Waals surface area contributed by atoms with Crippen LogP contribution in [0.5, 0.6) is 0 Å². The molecule has 2 heterocycles. The third-order valence-corrected chi connectivity index (χ3v) is 4.75. The second-order valence-corrected chi connectivity index (χ2v) is 6.01. The lowest BCUT2D eigenvalue weighted by molar-refractivity contribution is 0.407. The van der Waals surface area contributed by atoms with E-state index in [9.17, 15) is 0 Å². The first-order valence-corrected chi connectivity index (χ1v) is 7.27. The van der Waals surface area contributed by atoms with Crippen LogP contribution in [-0.2, 0) is 0 Å². The molecule has 0 radical (unpaired) electrons. The van der Waals surface area contributed by atoms with Crippen molar-refractivity contribution in [1.82, 2.24) is 14.8 Å². The van der Waals surface area contributed by atoms with Gasteiger partial charge in [-0.1, -0.05) is 19.4 Å². The molecule has 3 nitrogen and oxygen atoms in total. The topological polar surface area (TPSA) is 33.6 Å². The van der Waals surface area contributed by atoms with Crippen molar-refractivity contribution in [3.05, 3.63) is 22.3 Å². The lowest BCUT2D eigenvalue weighted by Crippen LogP contribution is -2.12. The number of nitrogens with zero attached hydrogens (tertiary/aromatic N) is 2. The fourth-order valence-corrected chi connectivity index (χ4v) is 3.68. The van der Waals surface area contributed by atoms with Crippen LogP contribution in [0.4, 0.5) is 0 Å². The van der Waals surface area contributed by atoms with Gasteiger partial charge in [-0.15, -0.1) is 11.3 Å². The molecule has 0 amide bonds. The van der Waals surface area contributed by atoms with Crippen molar-refractivity contribution in [1.29, 1.82) is 0 Å². The Morgan fingerprint density at radius 1 is 1.53 bits per heavy atom. The molecule has 90 valence electrons. The zero-order chi connectivity index (χ0) is 11.8. The molecule has 1 aliphatic carbocycles. The number of nitrogens with one attached hydrogen (secondary N) is 1. The Morgan fingerprint density at radius 3 is 3.06 bits per heavy atom. The molecule has 1 N–H and O–H groups in total. The average molecular weight is 265 g/mol. The van der Waals surface area contributed by atoms with E-state index >= 15 is 0 Å². The molecule has 0 aliphatic heterocycles. The van der Waals surface area contributed by atoms with Crippen LogP contribution in [0.1, 0.15) is 32.2 Å². The number of thiophene rings is 1. The van der Waals surface area contributed by atoms with Gasteiger partial charge < -0.3 is 0 Å². The van der Waals surface area contributed by atoms with E-state index in [1.54, 1.807) is 11.3 Å². The highest BCUT2D eigenvalue weighted by Gasteiger charge is 2.28. The van der Waals surface area contributed by atoms with Gasteiger partial charge >= 0.3 is 0 Å². The van der Waals surface area contributed by atoms with Crippen molar-refractivity contribution >= 4 is 23.6 Å². The summed E-state index contributed by atoms with van der Waals surface area (Å²) in [5.41, 5.74) is 0. The summed E-state index contributed by atoms with van der Waals surface area (Å²) in [7, 11) is 0. The van der Waals surface area contributed by atoms with Gasteiger partial charge in [-0.2, -0.15) is 5.10 Å². The minimum atomic E-state index is 0.512. The van der Waals surface area contributed by atoms with Gasteiger partial charge in [0.25, 0.3) is 0 Å². The predicted molar refractivity (Wildman–Crippen MR) is 72.8 cm³/mol. The third kappa shape index (κ3) is 1.87. The van der Waals surface area contributed by atoms with Crippen LogP contribution >= 0.6 is 23.6 Å². The maximum absolute atomic E-state index is 5.39. The largest absolute Gasteiger partial charge is 0.296 e. The van der Waals surface area contributed by atoms with Crippen molar-refractivity contribution in [3.8, 4) is 10.7 Å². The maximum Gasteiger partial charge on any atom is 0.195 e. The average Bonchev–Trinajstić information content (AvgIpc) is 2.98. The molecule has 2 aromatic heterocycles.